The highest BCUT2D eigenvalue weighted by Crippen LogP contribution is 2.19. The third-order valence-corrected chi connectivity index (χ3v) is 4.82. The third kappa shape index (κ3) is 5.36. The van der Waals surface area contributed by atoms with Crippen LogP contribution in [-0.2, 0) is 22.6 Å². The van der Waals surface area contributed by atoms with Gasteiger partial charge in [-0.15, -0.1) is 0 Å². The molecule has 6 heteroatoms. The van der Waals surface area contributed by atoms with E-state index in [2.05, 4.69) is 10.3 Å². The van der Waals surface area contributed by atoms with Crippen LogP contribution in [0.4, 0.5) is 4.39 Å². The molecule has 142 valence electrons. The molecule has 1 saturated heterocycles. The van der Waals surface area contributed by atoms with Crippen LogP contribution in [0, 0.1) is 18.7 Å². The number of benzene rings is 1. The smallest absolute Gasteiger partial charge is 0.225 e. The summed E-state index contributed by atoms with van der Waals surface area (Å²) in [6.45, 7) is 3.19. The number of piperidine rings is 1. The van der Waals surface area contributed by atoms with Crippen LogP contribution in [0.3, 0.4) is 0 Å². The highest BCUT2D eigenvalue weighted by Gasteiger charge is 2.29. The molecular formula is C21H24FN3O2. The fourth-order valence-electron chi connectivity index (χ4n) is 3.32. The monoisotopic (exact) mass is 369 g/mol. The van der Waals surface area contributed by atoms with E-state index < -0.39 is 0 Å². The number of carbonyl (C=O) groups excluding carboxylic acids is 2. The van der Waals surface area contributed by atoms with Gasteiger partial charge in [0.25, 0.3) is 0 Å². The number of aryl methyl sites for hydroxylation is 1. The Hall–Kier alpha value is -2.76. The third-order valence-electron chi connectivity index (χ3n) is 4.82. The molecular weight excluding hydrogens is 345 g/mol. The predicted molar refractivity (Wildman–Crippen MR) is 100 cm³/mol. The minimum absolute atomic E-state index is 0.0517. The van der Waals surface area contributed by atoms with Crippen LogP contribution < -0.4 is 5.32 Å². The maximum Gasteiger partial charge on any atom is 0.225 e. The summed E-state index contributed by atoms with van der Waals surface area (Å²) in [5.41, 5.74) is 2.58. The van der Waals surface area contributed by atoms with Crippen LogP contribution in [0.15, 0.2) is 42.5 Å². The van der Waals surface area contributed by atoms with Gasteiger partial charge in [0, 0.05) is 25.2 Å². The summed E-state index contributed by atoms with van der Waals surface area (Å²) in [5, 5.41) is 2.92. The van der Waals surface area contributed by atoms with Crippen molar-refractivity contribution in [3.63, 3.8) is 0 Å². The number of hydrogen-bond donors (Lipinski definition) is 1. The Morgan fingerprint density at radius 2 is 2.11 bits per heavy atom. The van der Waals surface area contributed by atoms with E-state index >= 15 is 0 Å². The van der Waals surface area contributed by atoms with E-state index in [1.54, 1.807) is 11.0 Å². The second-order valence-electron chi connectivity index (χ2n) is 6.94. The lowest BCUT2D eigenvalue weighted by molar-refractivity contribution is -0.138. The Balaban J connectivity index is 1.52. The number of hydrogen-bond acceptors (Lipinski definition) is 3. The SMILES string of the molecule is Cc1cccc(CNC(=O)[C@@H]2CCC(=O)N(CCc3cccc(F)c3)C2)n1. The van der Waals surface area contributed by atoms with Crippen LogP contribution in [0.5, 0.6) is 0 Å². The zero-order chi connectivity index (χ0) is 19.2. The maximum atomic E-state index is 13.3. The molecule has 0 radical (unpaired) electrons. The summed E-state index contributed by atoms with van der Waals surface area (Å²) in [6.07, 6.45) is 1.50. The van der Waals surface area contributed by atoms with Crippen molar-refractivity contribution in [2.24, 2.45) is 5.92 Å². The molecule has 0 bridgehead atoms. The lowest BCUT2D eigenvalue weighted by atomic mass is 9.96. The number of rotatable bonds is 6. The molecule has 3 rings (SSSR count). The highest BCUT2D eigenvalue weighted by atomic mass is 19.1. The highest BCUT2D eigenvalue weighted by molar-refractivity contribution is 5.83. The van der Waals surface area contributed by atoms with E-state index in [4.69, 9.17) is 0 Å². The normalized spacial score (nSPS) is 17.0. The van der Waals surface area contributed by atoms with E-state index in [9.17, 15) is 14.0 Å². The van der Waals surface area contributed by atoms with Crippen molar-refractivity contribution >= 4 is 11.8 Å². The largest absolute Gasteiger partial charge is 0.350 e. The molecule has 0 unspecified atom stereocenters. The molecule has 2 aromatic rings. The van der Waals surface area contributed by atoms with Gasteiger partial charge in [0.05, 0.1) is 18.2 Å². The fourth-order valence-corrected chi connectivity index (χ4v) is 3.32. The second-order valence-corrected chi connectivity index (χ2v) is 6.94. The molecule has 0 spiro atoms. The van der Waals surface area contributed by atoms with Gasteiger partial charge in [0.2, 0.25) is 11.8 Å². The first-order valence-electron chi connectivity index (χ1n) is 9.24. The Morgan fingerprint density at radius 3 is 2.89 bits per heavy atom. The average molecular weight is 369 g/mol. The molecule has 2 amide bonds. The van der Waals surface area contributed by atoms with E-state index in [0.717, 1.165) is 17.0 Å². The Morgan fingerprint density at radius 1 is 1.30 bits per heavy atom. The number of carbonyl (C=O) groups is 2. The van der Waals surface area contributed by atoms with Gasteiger partial charge in [-0.25, -0.2) is 4.39 Å². The van der Waals surface area contributed by atoms with E-state index in [-0.39, 0.29) is 23.5 Å². The molecule has 1 aliphatic heterocycles. The standard InChI is InChI=1S/C21H24FN3O2/c1-15-4-2-7-19(24-15)13-23-21(27)17-8-9-20(26)25(14-17)11-10-16-5-3-6-18(22)12-16/h2-7,12,17H,8-11,13-14H2,1H3,(H,23,27)/t17-/m1/s1. The number of nitrogens with one attached hydrogen (secondary N) is 1. The summed E-state index contributed by atoms with van der Waals surface area (Å²) < 4.78 is 13.3. The molecule has 5 nitrogen and oxygen atoms in total. The first-order valence-corrected chi connectivity index (χ1v) is 9.24. The van der Waals surface area contributed by atoms with Crippen molar-refractivity contribution in [2.45, 2.75) is 32.7 Å². The minimum atomic E-state index is -0.278. The second kappa shape index (κ2) is 8.75. The number of nitrogens with zero attached hydrogens (tertiary/aromatic N) is 2. The molecule has 1 aliphatic rings. The number of aromatic nitrogens is 1. The summed E-state index contributed by atoms with van der Waals surface area (Å²) in [7, 11) is 0. The van der Waals surface area contributed by atoms with Gasteiger partial charge < -0.3 is 10.2 Å². The molecule has 2 heterocycles. The van der Waals surface area contributed by atoms with Gasteiger partial charge in [-0.3, -0.25) is 14.6 Å². The summed E-state index contributed by atoms with van der Waals surface area (Å²) >= 11 is 0. The zero-order valence-electron chi connectivity index (χ0n) is 15.5. The summed E-state index contributed by atoms with van der Waals surface area (Å²) in [6, 6.07) is 12.1. The first kappa shape index (κ1) is 19.0. The van der Waals surface area contributed by atoms with Gasteiger partial charge in [0.1, 0.15) is 5.82 Å². The lowest BCUT2D eigenvalue weighted by Crippen LogP contribution is -2.46. The average Bonchev–Trinajstić information content (AvgIpc) is 2.65. The molecule has 1 aromatic heterocycles. The van der Waals surface area contributed by atoms with Gasteiger partial charge in [0.15, 0.2) is 0 Å². The molecule has 0 saturated carbocycles. The van der Waals surface area contributed by atoms with Gasteiger partial charge in [-0.1, -0.05) is 18.2 Å². The Kier molecular flexibility index (Phi) is 6.16. The lowest BCUT2D eigenvalue weighted by Gasteiger charge is -2.32. The van der Waals surface area contributed by atoms with Crippen LogP contribution in [0.1, 0.15) is 29.8 Å². The summed E-state index contributed by atoms with van der Waals surface area (Å²) in [5.74, 6) is -0.503. The van der Waals surface area contributed by atoms with E-state index in [1.807, 2.05) is 31.2 Å². The van der Waals surface area contributed by atoms with Crippen LogP contribution in [-0.4, -0.2) is 34.8 Å². The molecule has 0 aliphatic carbocycles. The van der Waals surface area contributed by atoms with Crippen molar-refractivity contribution < 1.29 is 14.0 Å². The minimum Gasteiger partial charge on any atom is -0.350 e. The quantitative estimate of drug-likeness (QED) is 0.851. The molecule has 1 fully saturated rings. The van der Waals surface area contributed by atoms with Crippen molar-refractivity contribution in [3.8, 4) is 0 Å². The van der Waals surface area contributed by atoms with Crippen molar-refractivity contribution in [3.05, 3.63) is 65.2 Å². The van der Waals surface area contributed by atoms with Crippen molar-refractivity contribution in [1.29, 1.82) is 0 Å². The van der Waals surface area contributed by atoms with Crippen LogP contribution in [0.25, 0.3) is 0 Å². The number of likely N-dealkylation sites (tertiary alicyclic amines) is 1. The van der Waals surface area contributed by atoms with E-state index in [1.165, 1.54) is 12.1 Å². The topological polar surface area (TPSA) is 62.3 Å². The predicted octanol–water partition coefficient (Wildman–Crippen LogP) is 2.63. The zero-order valence-corrected chi connectivity index (χ0v) is 15.5. The summed E-state index contributed by atoms with van der Waals surface area (Å²) in [4.78, 5) is 30.8. The number of pyridine rings is 1. The molecule has 1 N–H and O–H groups in total. The van der Waals surface area contributed by atoms with E-state index in [0.29, 0.717) is 38.9 Å². The Labute approximate surface area is 158 Å². The van der Waals surface area contributed by atoms with Crippen molar-refractivity contribution in [2.75, 3.05) is 13.1 Å². The maximum absolute atomic E-state index is 13.3. The first-order chi connectivity index (χ1) is 13.0. The van der Waals surface area contributed by atoms with Gasteiger partial charge in [-0.2, -0.15) is 0 Å². The van der Waals surface area contributed by atoms with Gasteiger partial charge >= 0.3 is 0 Å². The number of amides is 2. The Bertz CT molecular complexity index is 825. The molecule has 1 atom stereocenters. The van der Waals surface area contributed by atoms with Crippen LogP contribution >= 0.6 is 0 Å². The molecule has 27 heavy (non-hydrogen) atoms. The van der Waals surface area contributed by atoms with Crippen LogP contribution in [0.2, 0.25) is 0 Å². The van der Waals surface area contributed by atoms with Crippen molar-refractivity contribution in [1.82, 2.24) is 15.2 Å². The number of halogens is 1. The van der Waals surface area contributed by atoms with Gasteiger partial charge in [-0.05, 0) is 49.6 Å². The molecule has 1 aromatic carbocycles. The fraction of sp³-hybridized carbons (Fsp3) is 0.381.